The zero-order valence-electron chi connectivity index (χ0n) is 13.2. The first-order valence-corrected chi connectivity index (χ1v) is 8.32. The Bertz CT molecular complexity index is 439. The van der Waals surface area contributed by atoms with E-state index in [4.69, 9.17) is 16.3 Å². The molecule has 0 amide bonds. The minimum absolute atomic E-state index is 0.723. The van der Waals surface area contributed by atoms with E-state index in [2.05, 4.69) is 29.3 Å². The smallest absolute Gasteiger partial charge is 0.0587 e. The Hall–Kier alpha value is -0.770. The van der Waals surface area contributed by atoms with Crippen LogP contribution in [-0.4, -0.2) is 33.4 Å². The number of hydrogen-bond donors (Lipinski definition) is 1. The van der Waals surface area contributed by atoms with Crippen molar-refractivity contribution in [3.05, 3.63) is 28.8 Å². The number of hydrogen-bond acceptors (Lipinski definition) is 3. The van der Waals surface area contributed by atoms with Crippen molar-refractivity contribution in [2.45, 2.75) is 32.7 Å². The van der Waals surface area contributed by atoms with Gasteiger partial charge in [-0.3, -0.25) is 0 Å². The van der Waals surface area contributed by atoms with Crippen molar-refractivity contribution in [2.24, 2.45) is 5.92 Å². The van der Waals surface area contributed by atoms with E-state index in [0.29, 0.717) is 0 Å². The van der Waals surface area contributed by atoms with Crippen LogP contribution in [0.1, 0.15) is 31.7 Å². The Kier molecular flexibility index (Phi) is 6.81. The summed E-state index contributed by atoms with van der Waals surface area (Å²) in [5.41, 5.74) is 2.51. The highest BCUT2D eigenvalue weighted by Gasteiger charge is 2.17. The lowest BCUT2D eigenvalue weighted by Gasteiger charge is -2.26. The van der Waals surface area contributed by atoms with Crippen molar-refractivity contribution in [1.29, 1.82) is 0 Å². The molecule has 1 aromatic carbocycles. The first kappa shape index (κ1) is 16.6. The summed E-state index contributed by atoms with van der Waals surface area (Å²) in [6.07, 6.45) is 3.87. The molecular formula is C17H27ClN2O. The molecule has 2 rings (SSSR count). The largest absolute Gasteiger partial charge is 0.383 e. The number of rotatable bonds is 6. The van der Waals surface area contributed by atoms with Gasteiger partial charge in [0.2, 0.25) is 0 Å². The molecule has 0 bridgehead atoms. The van der Waals surface area contributed by atoms with E-state index in [0.717, 1.165) is 43.7 Å². The lowest BCUT2D eigenvalue weighted by Crippen LogP contribution is -2.27. The molecule has 4 heteroatoms. The van der Waals surface area contributed by atoms with Crippen molar-refractivity contribution >= 4 is 17.3 Å². The van der Waals surface area contributed by atoms with Gasteiger partial charge in [0.15, 0.2) is 0 Å². The molecule has 1 aromatic rings. The van der Waals surface area contributed by atoms with E-state index in [1.54, 1.807) is 7.11 Å². The fourth-order valence-electron chi connectivity index (χ4n) is 2.91. The Morgan fingerprint density at radius 1 is 1.33 bits per heavy atom. The third-order valence-electron chi connectivity index (χ3n) is 4.24. The lowest BCUT2D eigenvalue weighted by atomic mass is 10.0. The molecule has 0 saturated carbocycles. The van der Waals surface area contributed by atoms with Crippen LogP contribution in [0, 0.1) is 5.92 Å². The van der Waals surface area contributed by atoms with Crippen LogP contribution >= 0.6 is 11.6 Å². The van der Waals surface area contributed by atoms with Crippen LogP contribution in [0.15, 0.2) is 18.2 Å². The summed E-state index contributed by atoms with van der Waals surface area (Å²) in [5, 5.41) is 4.27. The highest BCUT2D eigenvalue weighted by atomic mass is 35.5. The Balaban J connectivity index is 2.08. The van der Waals surface area contributed by atoms with Gasteiger partial charge in [-0.15, -0.1) is 0 Å². The summed E-state index contributed by atoms with van der Waals surface area (Å²) in [4.78, 5) is 2.50. The molecule has 1 saturated heterocycles. The Morgan fingerprint density at radius 2 is 2.19 bits per heavy atom. The van der Waals surface area contributed by atoms with Crippen LogP contribution in [0.5, 0.6) is 0 Å². The Morgan fingerprint density at radius 3 is 3.00 bits per heavy atom. The molecule has 1 fully saturated rings. The van der Waals surface area contributed by atoms with Crippen molar-refractivity contribution in [3.8, 4) is 0 Å². The maximum Gasteiger partial charge on any atom is 0.0587 e. The first-order valence-electron chi connectivity index (χ1n) is 7.94. The molecule has 1 atom stereocenters. The normalized spacial score (nSPS) is 19.6. The second-order valence-corrected chi connectivity index (χ2v) is 6.34. The SMILES string of the molecule is COCCNCc1c(Cl)cccc1N1CCCC(C)CC1. The van der Waals surface area contributed by atoms with E-state index < -0.39 is 0 Å². The number of methoxy groups -OCH3 is 1. The number of halogens is 1. The van der Waals surface area contributed by atoms with Gasteiger partial charge in [0.1, 0.15) is 0 Å². The van der Waals surface area contributed by atoms with Crippen LogP contribution in [0.3, 0.4) is 0 Å². The number of nitrogens with zero attached hydrogens (tertiary/aromatic N) is 1. The van der Waals surface area contributed by atoms with Crippen LogP contribution in [-0.2, 0) is 11.3 Å². The van der Waals surface area contributed by atoms with E-state index in [1.807, 2.05) is 6.07 Å². The third kappa shape index (κ3) is 4.87. The minimum atomic E-state index is 0.723. The average Bonchev–Trinajstić information content (AvgIpc) is 2.69. The average molecular weight is 311 g/mol. The highest BCUT2D eigenvalue weighted by molar-refractivity contribution is 6.31. The van der Waals surface area contributed by atoms with Gasteiger partial charge in [-0.25, -0.2) is 0 Å². The fraction of sp³-hybridized carbons (Fsp3) is 0.647. The number of anilines is 1. The van der Waals surface area contributed by atoms with Crippen LogP contribution in [0.25, 0.3) is 0 Å². The maximum absolute atomic E-state index is 6.43. The van der Waals surface area contributed by atoms with Gasteiger partial charge in [0.25, 0.3) is 0 Å². The van der Waals surface area contributed by atoms with Crippen molar-refractivity contribution in [2.75, 3.05) is 38.3 Å². The number of ether oxygens (including phenoxy) is 1. The van der Waals surface area contributed by atoms with Crippen molar-refractivity contribution in [1.82, 2.24) is 5.32 Å². The lowest BCUT2D eigenvalue weighted by molar-refractivity contribution is 0.199. The third-order valence-corrected chi connectivity index (χ3v) is 4.59. The van der Waals surface area contributed by atoms with Gasteiger partial charge in [-0.2, -0.15) is 0 Å². The van der Waals surface area contributed by atoms with Gasteiger partial charge in [-0.05, 0) is 37.3 Å². The summed E-state index contributed by atoms with van der Waals surface area (Å²) in [7, 11) is 1.72. The fourth-order valence-corrected chi connectivity index (χ4v) is 3.15. The van der Waals surface area contributed by atoms with E-state index in [1.165, 1.54) is 30.5 Å². The van der Waals surface area contributed by atoms with E-state index in [9.17, 15) is 0 Å². The molecule has 0 radical (unpaired) electrons. The molecular weight excluding hydrogens is 284 g/mol. The molecule has 1 heterocycles. The number of benzene rings is 1. The molecule has 21 heavy (non-hydrogen) atoms. The molecule has 0 aromatic heterocycles. The topological polar surface area (TPSA) is 24.5 Å². The van der Waals surface area contributed by atoms with Gasteiger partial charge in [0, 0.05) is 49.6 Å². The van der Waals surface area contributed by atoms with E-state index >= 15 is 0 Å². The molecule has 3 nitrogen and oxygen atoms in total. The number of nitrogens with one attached hydrogen (secondary N) is 1. The first-order chi connectivity index (χ1) is 10.2. The summed E-state index contributed by atoms with van der Waals surface area (Å²) < 4.78 is 5.08. The predicted octanol–water partition coefficient (Wildman–Crippen LogP) is 3.70. The zero-order valence-corrected chi connectivity index (χ0v) is 14.0. The zero-order chi connectivity index (χ0) is 15.1. The molecule has 1 aliphatic rings. The second kappa shape index (κ2) is 8.62. The second-order valence-electron chi connectivity index (χ2n) is 5.93. The monoisotopic (exact) mass is 310 g/mol. The summed E-state index contributed by atoms with van der Waals surface area (Å²) in [5.74, 6) is 0.831. The van der Waals surface area contributed by atoms with Gasteiger partial charge in [0.05, 0.1) is 6.61 Å². The molecule has 1 aliphatic heterocycles. The summed E-state index contributed by atoms with van der Waals surface area (Å²) in [6.45, 7) is 6.99. The van der Waals surface area contributed by atoms with Crippen molar-refractivity contribution < 1.29 is 4.74 Å². The molecule has 1 unspecified atom stereocenters. The molecule has 118 valence electrons. The van der Waals surface area contributed by atoms with Gasteiger partial charge >= 0.3 is 0 Å². The predicted molar refractivity (Wildman–Crippen MR) is 90.3 cm³/mol. The minimum Gasteiger partial charge on any atom is -0.383 e. The van der Waals surface area contributed by atoms with Crippen molar-refractivity contribution in [3.63, 3.8) is 0 Å². The summed E-state index contributed by atoms with van der Waals surface area (Å²) in [6, 6.07) is 6.25. The molecule has 0 spiro atoms. The standard InChI is InChI=1S/C17H27ClN2O/c1-14-5-4-10-20(11-8-14)17-7-3-6-16(18)15(17)13-19-9-12-21-2/h3,6-7,14,19H,4-5,8-13H2,1-2H3. The van der Waals surface area contributed by atoms with Crippen LogP contribution in [0.2, 0.25) is 5.02 Å². The van der Waals surface area contributed by atoms with Gasteiger partial charge < -0.3 is 15.0 Å². The highest BCUT2D eigenvalue weighted by Crippen LogP contribution is 2.30. The van der Waals surface area contributed by atoms with Crippen LogP contribution < -0.4 is 10.2 Å². The summed E-state index contributed by atoms with van der Waals surface area (Å²) >= 11 is 6.43. The quantitative estimate of drug-likeness (QED) is 0.811. The maximum atomic E-state index is 6.43. The van der Waals surface area contributed by atoms with E-state index in [-0.39, 0.29) is 0 Å². The van der Waals surface area contributed by atoms with Crippen LogP contribution in [0.4, 0.5) is 5.69 Å². The molecule has 1 N–H and O–H groups in total. The molecule has 0 aliphatic carbocycles. The Labute approximate surface area is 133 Å². The van der Waals surface area contributed by atoms with Gasteiger partial charge in [-0.1, -0.05) is 24.6 Å².